The molecule has 1 aromatic heterocycles. The third-order valence-electron chi connectivity index (χ3n) is 3.68. The Morgan fingerprint density at radius 2 is 2.24 bits per heavy atom. The normalized spacial score (nSPS) is 18.6. The highest BCUT2D eigenvalue weighted by Gasteiger charge is 2.24. The molecule has 0 radical (unpaired) electrons. The van der Waals surface area contributed by atoms with Crippen LogP contribution in [0.4, 0.5) is 0 Å². The van der Waals surface area contributed by atoms with Crippen LogP contribution in [0.15, 0.2) is 42.7 Å². The van der Waals surface area contributed by atoms with Gasteiger partial charge in [0.15, 0.2) is 0 Å². The summed E-state index contributed by atoms with van der Waals surface area (Å²) in [7, 11) is 0. The van der Waals surface area contributed by atoms with E-state index in [2.05, 4.69) is 4.98 Å². The van der Waals surface area contributed by atoms with Crippen LogP contribution in [0, 0.1) is 0 Å². The maximum Gasteiger partial charge on any atom is 0.311 e. The van der Waals surface area contributed by atoms with Crippen LogP contribution in [-0.4, -0.2) is 11.0 Å². The van der Waals surface area contributed by atoms with Gasteiger partial charge in [0, 0.05) is 24.0 Å². The summed E-state index contributed by atoms with van der Waals surface area (Å²) >= 11 is 0. The maximum atomic E-state index is 11.5. The molecule has 4 heteroatoms. The van der Waals surface area contributed by atoms with Crippen molar-refractivity contribution >= 4 is 5.97 Å². The van der Waals surface area contributed by atoms with Crippen LogP contribution in [-0.2, 0) is 4.79 Å². The molecule has 108 valence electrons. The summed E-state index contributed by atoms with van der Waals surface area (Å²) < 4.78 is 11.2. The van der Waals surface area contributed by atoms with E-state index in [1.165, 1.54) is 0 Å². The van der Waals surface area contributed by atoms with Crippen molar-refractivity contribution in [2.24, 2.45) is 0 Å². The number of ether oxygens (including phenoxy) is 2. The minimum absolute atomic E-state index is 0.117. The highest BCUT2D eigenvalue weighted by atomic mass is 16.5. The Morgan fingerprint density at radius 1 is 1.38 bits per heavy atom. The number of carbonyl (C=O) groups is 1. The molecule has 2 atom stereocenters. The largest absolute Gasteiger partial charge is 0.486 e. The molecule has 0 fully saturated rings. The van der Waals surface area contributed by atoms with Crippen LogP contribution >= 0.6 is 0 Å². The van der Waals surface area contributed by atoms with Crippen LogP contribution in [0.5, 0.6) is 11.5 Å². The third-order valence-corrected chi connectivity index (χ3v) is 3.68. The first-order valence-electron chi connectivity index (χ1n) is 7.04. The lowest BCUT2D eigenvalue weighted by atomic mass is 9.95. The average Bonchev–Trinajstić information content (AvgIpc) is 2.47. The molecular weight excluding hydrogens is 266 g/mol. The Labute approximate surface area is 123 Å². The van der Waals surface area contributed by atoms with Crippen molar-refractivity contribution in [3.8, 4) is 11.5 Å². The Kier molecular flexibility index (Phi) is 3.60. The number of benzene rings is 1. The van der Waals surface area contributed by atoms with Gasteiger partial charge in [-0.15, -0.1) is 0 Å². The van der Waals surface area contributed by atoms with Gasteiger partial charge in [0.05, 0.1) is 6.42 Å². The van der Waals surface area contributed by atoms with Gasteiger partial charge in [-0.05, 0) is 30.5 Å². The number of esters is 1. The van der Waals surface area contributed by atoms with Gasteiger partial charge in [-0.3, -0.25) is 9.78 Å². The van der Waals surface area contributed by atoms with Gasteiger partial charge in [0.2, 0.25) is 0 Å². The first kappa shape index (κ1) is 13.6. The molecule has 3 rings (SSSR count). The third kappa shape index (κ3) is 2.89. The number of fused-ring (bicyclic) bond motifs is 1. The van der Waals surface area contributed by atoms with Crippen molar-refractivity contribution in [1.29, 1.82) is 0 Å². The van der Waals surface area contributed by atoms with Crippen LogP contribution in [0.1, 0.15) is 43.4 Å². The summed E-state index contributed by atoms with van der Waals surface area (Å²) in [4.78, 5) is 15.6. The van der Waals surface area contributed by atoms with Crippen molar-refractivity contribution in [2.75, 3.05) is 0 Å². The van der Waals surface area contributed by atoms with E-state index in [0.717, 1.165) is 11.1 Å². The van der Waals surface area contributed by atoms with Gasteiger partial charge in [-0.2, -0.15) is 0 Å². The Bertz CT molecular complexity index is 654. The van der Waals surface area contributed by atoms with Gasteiger partial charge >= 0.3 is 5.97 Å². The highest BCUT2D eigenvalue weighted by Crippen LogP contribution is 2.37. The second-order valence-electron chi connectivity index (χ2n) is 5.33. The van der Waals surface area contributed by atoms with E-state index in [0.29, 0.717) is 17.9 Å². The van der Waals surface area contributed by atoms with Crippen molar-refractivity contribution in [2.45, 2.75) is 32.3 Å². The molecule has 1 aliphatic rings. The highest BCUT2D eigenvalue weighted by molar-refractivity contribution is 5.76. The van der Waals surface area contributed by atoms with Crippen LogP contribution < -0.4 is 9.47 Å². The van der Waals surface area contributed by atoms with E-state index >= 15 is 0 Å². The molecule has 0 aliphatic carbocycles. The maximum absolute atomic E-state index is 11.5. The summed E-state index contributed by atoms with van der Waals surface area (Å²) in [6, 6.07) is 9.53. The number of nitrogens with zero attached hydrogens (tertiary/aromatic N) is 1. The van der Waals surface area contributed by atoms with Crippen LogP contribution in [0.25, 0.3) is 0 Å². The summed E-state index contributed by atoms with van der Waals surface area (Å²) in [6.07, 6.45) is 3.83. The van der Waals surface area contributed by atoms with Gasteiger partial charge in [0.25, 0.3) is 0 Å². The fourth-order valence-electron chi connectivity index (χ4n) is 2.50. The van der Waals surface area contributed by atoms with Crippen molar-refractivity contribution in [3.63, 3.8) is 0 Å². The Morgan fingerprint density at radius 3 is 3.00 bits per heavy atom. The molecule has 2 aromatic rings. The molecule has 2 unspecified atom stereocenters. The lowest BCUT2D eigenvalue weighted by molar-refractivity contribution is -0.135. The van der Waals surface area contributed by atoms with E-state index in [4.69, 9.17) is 9.47 Å². The predicted octanol–water partition coefficient (Wildman–Crippen LogP) is 3.63. The molecule has 0 N–H and O–H groups in total. The minimum Gasteiger partial charge on any atom is -0.486 e. The number of aromatic nitrogens is 1. The molecule has 0 amide bonds. The van der Waals surface area contributed by atoms with Crippen LogP contribution in [0.2, 0.25) is 0 Å². The number of rotatable bonds is 3. The summed E-state index contributed by atoms with van der Waals surface area (Å²) in [5.74, 6) is 1.29. The fourth-order valence-corrected chi connectivity index (χ4v) is 2.50. The monoisotopic (exact) mass is 283 g/mol. The quantitative estimate of drug-likeness (QED) is 0.637. The zero-order chi connectivity index (χ0) is 14.8. The van der Waals surface area contributed by atoms with E-state index in [1.807, 2.05) is 38.1 Å². The lowest BCUT2D eigenvalue weighted by Gasteiger charge is -2.22. The molecule has 21 heavy (non-hydrogen) atoms. The minimum atomic E-state index is -0.188. The van der Waals surface area contributed by atoms with E-state index in [-0.39, 0.29) is 18.0 Å². The molecule has 0 saturated carbocycles. The topological polar surface area (TPSA) is 48.4 Å². The molecule has 1 aliphatic heterocycles. The molecule has 1 aromatic carbocycles. The molecule has 2 heterocycles. The Balaban J connectivity index is 1.81. The molecule has 0 bridgehead atoms. The smallest absolute Gasteiger partial charge is 0.311 e. The van der Waals surface area contributed by atoms with Crippen LogP contribution in [0.3, 0.4) is 0 Å². The summed E-state index contributed by atoms with van der Waals surface area (Å²) in [5.41, 5.74) is 2.05. The van der Waals surface area contributed by atoms with Gasteiger partial charge in [0.1, 0.15) is 17.6 Å². The number of carbonyl (C=O) groups excluding carboxylic acids is 1. The summed E-state index contributed by atoms with van der Waals surface area (Å²) in [5, 5.41) is 0. The zero-order valence-electron chi connectivity index (χ0n) is 12.1. The first-order valence-corrected chi connectivity index (χ1v) is 7.04. The number of hydrogen-bond donors (Lipinski definition) is 0. The molecule has 0 spiro atoms. The fraction of sp³-hybridized carbons (Fsp3) is 0.294. The second-order valence-corrected chi connectivity index (χ2v) is 5.33. The number of hydrogen-bond acceptors (Lipinski definition) is 4. The van der Waals surface area contributed by atoms with Gasteiger partial charge in [-0.1, -0.05) is 19.1 Å². The van der Waals surface area contributed by atoms with Crippen molar-refractivity contribution in [1.82, 2.24) is 4.98 Å². The zero-order valence-corrected chi connectivity index (χ0v) is 12.1. The van der Waals surface area contributed by atoms with E-state index in [1.54, 1.807) is 18.5 Å². The molecular formula is C17H17NO3. The van der Waals surface area contributed by atoms with Crippen molar-refractivity contribution < 1.29 is 14.3 Å². The van der Waals surface area contributed by atoms with E-state index in [9.17, 15) is 4.79 Å². The predicted molar refractivity (Wildman–Crippen MR) is 78.4 cm³/mol. The van der Waals surface area contributed by atoms with Gasteiger partial charge in [-0.25, -0.2) is 0 Å². The SMILES string of the molecule is CC1CC(=O)Oc2cc(OC(C)c3cccnc3)ccc21. The lowest BCUT2D eigenvalue weighted by Crippen LogP contribution is -2.18. The standard InChI is InChI=1S/C17H17NO3/c1-11-8-17(19)21-16-9-14(5-6-15(11)16)20-12(2)13-4-3-7-18-10-13/h3-7,9-12H,8H2,1-2H3. The Hall–Kier alpha value is -2.36. The summed E-state index contributed by atoms with van der Waals surface area (Å²) in [6.45, 7) is 3.99. The average molecular weight is 283 g/mol. The first-order chi connectivity index (χ1) is 10.1. The molecule has 4 nitrogen and oxygen atoms in total. The number of pyridine rings is 1. The second kappa shape index (κ2) is 5.56. The van der Waals surface area contributed by atoms with Crippen molar-refractivity contribution in [3.05, 3.63) is 53.9 Å². The molecule has 0 saturated heterocycles. The van der Waals surface area contributed by atoms with Gasteiger partial charge < -0.3 is 9.47 Å². The van der Waals surface area contributed by atoms with E-state index < -0.39 is 0 Å².